The van der Waals surface area contributed by atoms with Crippen molar-refractivity contribution < 1.29 is 9.53 Å². The molecule has 0 bridgehead atoms. The van der Waals surface area contributed by atoms with Crippen molar-refractivity contribution in [2.24, 2.45) is 0 Å². The minimum atomic E-state index is -0.117. The van der Waals surface area contributed by atoms with Crippen molar-refractivity contribution in [2.75, 3.05) is 18.1 Å². The van der Waals surface area contributed by atoms with E-state index in [1.54, 1.807) is 0 Å². The molecule has 2 aliphatic rings. The first-order valence-corrected chi connectivity index (χ1v) is 8.82. The summed E-state index contributed by atoms with van der Waals surface area (Å²) < 4.78 is 5.93. The van der Waals surface area contributed by atoms with Crippen LogP contribution in [0.5, 0.6) is 0 Å². The quantitative estimate of drug-likeness (QED) is 0.828. The van der Waals surface area contributed by atoms with Crippen molar-refractivity contribution in [1.29, 1.82) is 0 Å². The highest BCUT2D eigenvalue weighted by molar-refractivity contribution is 5.95. The minimum absolute atomic E-state index is 0.117. The first-order valence-electron chi connectivity index (χ1n) is 8.82. The highest BCUT2D eigenvalue weighted by Crippen LogP contribution is 2.36. The van der Waals surface area contributed by atoms with E-state index < -0.39 is 0 Å². The Morgan fingerprint density at radius 3 is 2.75 bits per heavy atom. The van der Waals surface area contributed by atoms with Crippen molar-refractivity contribution in [3.8, 4) is 0 Å². The maximum absolute atomic E-state index is 13.0. The summed E-state index contributed by atoms with van der Waals surface area (Å²) in [4.78, 5) is 14.9. The lowest BCUT2D eigenvalue weighted by Crippen LogP contribution is -2.37. The number of hydrogen-bond donors (Lipinski definition) is 0. The van der Waals surface area contributed by atoms with E-state index in [4.69, 9.17) is 4.74 Å². The summed E-state index contributed by atoms with van der Waals surface area (Å²) in [5.41, 5.74) is 4.84. The molecule has 2 aromatic rings. The standard InChI is InChI=1S/C21H23NO2/c1-15-10-12-22(19-9-5-4-7-17(15)19)21(23)14-20-18-8-3-2-6-16(18)11-13-24-20/h2-9,15,20H,10-14H2,1H3. The third kappa shape index (κ3) is 2.73. The van der Waals surface area contributed by atoms with E-state index >= 15 is 0 Å². The van der Waals surface area contributed by atoms with Gasteiger partial charge < -0.3 is 9.64 Å². The highest BCUT2D eigenvalue weighted by Gasteiger charge is 2.30. The van der Waals surface area contributed by atoms with Crippen LogP contribution in [0.4, 0.5) is 5.69 Å². The zero-order chi connectivity index (χ0) is 16.5. The smallest absolute Gasteiger partial charge is 0.229 e. The van der Waals surface area contributed by atoms with Crippen LogP contribution in [-0.2, 0) is 16.0 Å². The molecule has 2 unspecified atom stereocenters. The van der Waals surface area contributed by atoms with Crippen LogP contribution in [-0.4, -0.2) is 19.1 Å². The topological polar surface area (TPSA) is 29.5 Å². The molecule has 24 heavy (non-hydrogen) atoms. The summed E-state index contributed by atoms with van der Waals surface area (Å²) in [5.74, 6) is 0.674. The Morgan fingerprint density at radius 1 is 1.12 bits per heavy atom. The molecule has 0 saturated carbocycles. The molecule has 2 heterocycles. The van der Waals surface area contributed by atoms with E-state index in [9.17, 15) is 4.79 Å². The molecule has 3 nitrogen and oxygen atoms in total. The molecule has 0 radical (unpaired) electrons. The molecular formula is C21H23NO2. The molecule has 0 saturated heterocycles. The molecule has 3 heteroatoms. The van der Waals surface area contributed by atoms with E-state index in [1.807, 2.05) is 17.0 Å². The Hall–Kier alpha value is -2.13. The second-order valence-electron chi connectivity index (χ2n) is 6.81. The Morgan fingerprint density at radius 2 is 1.88 bits per heavy atom. The predicted octanol–water partition coefficient (Wildman–Crippen LogP) is 4.23. The van der Waals surface area contributed by atoms with Crippen molar-refractivity contribution in [1.82, 2.24) is 0 Å². The van der Waals surface area contributed by atoms with Gasteiger partial charge in [0.1, 0.15) is 0 Å². The fourth-order valence-corrected chi connectivity index (χ4v) is 3.92. The van der Waals surface area contributed by atoms with Gasteiger partial charge in [-0.25, -0.2) is 0 Å². The van der Waals surface area contributed by atoms with Crippen LogP contribution < -0.4 is 4.90 Å². The lowest BCUT2D eigenvalue weighted by atomic mass is 9.90. The monoisotopic (exact) mass is 321 g/mol. The molecule has 0 N–H and O–H groups in total. The van der Waals surface area contributed by atoms with E-state index in [0.29, 0.717) is 18.9 Å². The maximum atomic E-state index is 13.0. The number of anilines is 1. The number of carbonyl (C=O) groups excluding carboxylic acids is 1. The van der Waals surface area contributed by atoms with Gasteiger partial charge in [0.15, 0.2) is 0 Å². The van der Waals surface area contributed by atoms with Gasteiger partial charge in [-0.3, -0.25) is 4.79 Å². The van der Waals surface area contributed by atoms with Gasteiger partial charge in [0.2, 0.25) is 5.91 Å². The van der Waals surface area contributed by atoms with Gasteiger partial charge in [0.25, 0.3) is 0 Å². The van der Waals surface area contributed by atoms with Crippen LogP contribution >= 0.6 is 0 Å². The fourth-order valence-electron chi connectivity index (χ4n) is 3.92. The van der Waals surface area contributed by atoms with Gasteiger partial charge in [0, 0.05) is 12.2 Å². The number of amides is 1. The molecule has 0 spiro atoms. The van der Waals surface area contributed by atoms with Crippen LogP contribution in [0, 0.1) is 0 Å². The Labute approximate surface area is 143 Å². The fraction of sp³-hybridized carbons (Fsp3) is 0.381. The zero-order valence-corrected chi connectivity index (χ0v) is 14.1. The van der Waals surface area contributed by atoms with Gasteiger partial charge >= 0.3 is 0 Å². The van der Waals surface area contributed by atoms with E-state index in [-0.39, 0.29) is 12.0 Å². The molecule has 124 valence electrons. The Balaban J connectivity index is 1.57. The molecule has 0 aliphatic carbocycles. The molecule has 2 aliphatic heterocycles. The van der Waals surface area contributed by atoms with E-state index in [0.717, 1.165) is 25.1 Å². The Kier molecular flexibility index (Phi) is 4.11. The van der Waals surface area contributed by atoms with Crippen molar-refractivity contribution in [3.63, 3.8) is 0 Å². The Bertz CT molecular complexity index is 755. The summed E-state index contributed by atoms with van der Waals surface area (Å²) in [6.07, 6.45) is 2.25. The summed E-state index contributed by atoms with van der Waals surface area (Å²) in [7, 11) is 0. The second kappa shape index (κ2) is 6.40. The van der Waals surface area contributed by atoms with E-state index in [2.05, 4.69) is 43.3 Å². The number of benzene rings is 2. The van der Waals surface area contributed by atoms with Crippen LogP contribution in [0.2, 0.25) is 0 Å². The molecule has 2 aromatic carbocycles. The van der Waals surface area contributed by atoms with Crippen LogP contribution in [0.15, 0.2) is 48.5 Å². The zero-order valence-electron chi connectivity index (χ0n) is 14.1. The largest absolute Gasteiger partial charge is 0.373 e. The lowest BCUT2D eigenvalue weighted by Gasteiger charge is -2.34. The first kappa shape index (κ1) is 15.4. The molecule has 2 atom stereocenters. The van der Waals surface area contributed by atoms with Crippen LogP contribution in [0.3, 0.4) is 0 Å². The lowest BCUT2D eigenvalue weighted by molar-refractivity contribution is -0.122. The number of nitrogens with zero attached hydrogens (tertiary/aromatic N) is 1. The molecule has 1 amide bonds. The number of hydrogen-bond acceptors (Lipinski definition) is 2. The van der Waals surface area contributed by atoms with Crippen LogP contribution in [0.25, 0.3) is 0 Å². The SMILES string of the molecule is CC1CCN(C(=O)CC2OCCc3ccccc32)c2ccccc21. The third-order valence-electron chi connectivity index (χ3n) is 5.30. The van der Waals surface area contributed by atoms with E-state index in [1.165, 1.54) is 16.7 Å². The number of carbonyl (C=O) groups is 1. The van der Waals surface area contributed by atoms with Gasteiger partial charge in [-0.2, -0.15) is 0 Å². The summed E-state index contributed by atoms with van der Waals surface area (Å²) >= 11 is 0. The second-order valence-corrected chi connectivity index (χ2v) is 6.81. The predicted molar refractivity (Wildman–Crippen MR) is 95.3 cm³/mol. The molecule has 0 aromatic heterocycles. The summed E-state index contributed by atoms with van der Waals surface area (Å²) in [6.45, 7) is 3.73. The highest BCUT2D eigenvalue weighted by atomic mass is 16.5. The molecule has 0 fully saturated rings. The van der Waals surface area contributed by atoms with Crippen molar-refractivity contribution >= 4 is 11.6 Å². The summed E-state index contributed by atoms with van der Waals surface area (Å²) in [5, 5.41) is 0. The number of rotatable bonds is 2. The molecule has 4 rings (SSSR count). The van der Waals surface area contributed by atoms with Crippen LogP contribution in [0.1, 0.15) is 48.5 Å². The van der Waals surface area contributed by atoms with Gasteiger partial charge in [-0.1, -0.05) is 49.4 Å². The van der Waals surface area contributed by atoms with Gasteiger partial charge in [0.05, 0.1) is 19.1 Å². The third-order valence-corrected chi connectivity index (χ3v) is 5.30. The van der Waals surface area contributed by atoms with Crippen molar-refractivity contribution in [2.45, 2.75) is 38.2 Å². The van der Waals surface area contributed by atoms with Gasteiger partial charge in [-0.15, -0.1) is 0 Å². The number of para-hydroxylation sites is 1. The normalized spacial score (nSPS) is 22.6. The number of ether oxygens (including phenoxy) is 1. The first-order chi connectivity index (χ1) is 11.7. The van der Waals surface area contributed by atoms with Crippen molar-refractivity contribution in [3.05, 3.63) is 65.2 Å². The average molecular weight is 321 g/mol. The summed E-state index contributed by atoms with van der Waals surface area (Å²) in [6, 6.07) is 16.6. The van der Waals surface area contributed by atoms with Gasteiger partial charge in [-0.05, 0) is 41.5 Å². The minimum Gasteiger partial charge on any atom is -0.373 e. The maximum Gasteiger partial charge on any atom is 0.229 e. The number of fused-ring (bicyclic) bond motifs is 2. The molecular weight excluding hydrogens is 298 g/mol. The average Bonchev–Trinajstić information content (AvgIpc) is 2.62.